The summed E-state index contributed by atoms with van der Waals surface area (Å²) < 4.78 is 10.8. The lowest BCUT2D eigenvalue weighted by molar-refractivity contribution is -0.128. The maximum absolute atomic E-state index is 10.8. The summed E-state index contributed by atoms with van der Waals surface area (Å²) in [6.07, 6.45) is -0.625. The molecule has 0 unspecified atom stereocenters. The van der Waals surface area contributed by atoms with Gasteiger partial charge in [-0.3, -0.25) is 4.79 Å². The molecule has 0 bridgehead atoms. The first-order valence-corrected chi connectivity index (χ1v) is 1.32. The van der Waals surface area contributed by atoms with E-state index >= 15 is 0 Å². The van der Waals surface area contributed by atoms with Crippen molar-refractivity contribution in [3.63, 3.8) is 0 Å². The Kier molecular flexibility index (Phi) is 1.98. The highest BCUT2D eigenvalue weighted by molar-refractivity contribution is 5.70. The highest BCUT2D eigenvalue weighted by Crippen LogP contribution is 1.76. The smallest absolute Gasteiger partial charge is 0.260 e. The van der Waals surface area contributed by atoms with Gasteiger partial charge >= 0.3 is 6.04 Å². The summed E-state index contributed by atoms with van der Waals surface area (Å²) in [5.74, 6) is 0. The molecule has 0 atom stereocenters. The van der Waals surface area contributed by atoms with Crippen LogP contribution in [0.25, 0.3) is 0 Å². The summed E-state index contributed by atoms with van der Waals surface area (Å²) in [5.41, 5.74) is 0. The van der Waals surface area contributed by atoms with Crippen molar-refractivity contribution in [2.45, 2.75) is 6.42 Å². The molecule has 6 heavy (non-hydrogen) atoms. The number of halogens is 1. The van der Waals surface area contributed by atoms with E-state index in [9.17, 15) is 4.39 Å². The number of nitriles is 1. The molecule has 3 heteroatoms. The number of carbonyl (C=O) groups is 1. The third-order valence-corrected chi connectivity index (χ3v) is 0.218. The third kappa shape index (κ3) is 3.09. The standard InChI is InChI=1S/C3H2FNO/c4-3(6)1-2-5/h1H2. The molecular formula is C3H2FNO. The first-order valence-electron chi connectivity index (χ1n) is 1.32. The van der Waals surface area contributed by atoms with Crippen molar-refractivity contribution in [1.29, 1.82) is 5.26 Å². The van der Waals surface area contributed by atoms with Gasteiger partial charge < -0.3 is 0 Å². The predicted octanol–water partition coefficient (Wildman–Crippen LogP) is 0.396. The van der Waals surface area contributed by atoms with Gasteiger partial charge in [-0.15, -0.1) is 0 Å². The molecule has 0 aliphatic rings. The van der Waals surface area contributed by atoms with Crippen LogP contribution in [0.3, 0.4) is 0 Å². The van der Waals surface area contributed by atoms with Crippen LogP contribution in [0.4, 0.5) is 4.39 Å². The Labute approximate surface area is 34.2 Å². The van der Waals surface area contributed by atoms with Crippen LogP contribution in [0.15, 0.2) is 0 Å². The van der Waals surface area contributed by atoms with Crippen molar-refractivity contribution in [3.05, 3.63) is 0 Å². The molecule has 0 radical (unpaired) electrons. The van der Waals surface area contributed by atoms with Crippen LogP contribution in [-0.2, 0) is 4.79 Å². The molecule has 0 aromatic carbocycles. The molecule has 0 heterocycles. The zero-order chi connectivity index (χ0) is 4.99. The van der Waals surface area contributed by atoms with Crippen LogP contribution >= 0.6 is 0 Å². The molecule has 0 aliphatic heterocycles. The number of nitrogens with zero attached hydrogens (tertiary/aromatic N) is 1. The van der Waals surface area contributed by atoms with Gasteiger partial charge in [0.05, 0.1) is 6.07 Å². The molecule has 0 spiro atoms. The monoisotopic (exact) mass is 87.0 g/mol. The second-order valence-electron chi connectivity index (χ2n) is 0.690. The average molecular weight is 87.1 g/mol. The van der Waals surface area contributed by atoms with E-state index in [0.717, 1.165) is 0 Å². The lowest BCUT2D eigenvalue weighted by Gasteiger charge is -1.64. The average Bonchev–Trinajstić information content (AvgIpc) is 1.35. The van der Waals surface area contributed by atoms with Crippen LogP contribution in [0.5, 0.6) is 0 Å². The summed E-state index contributed by atoms with van der Waals surface area (Å²) in [5, 5.41) is 7.53. The zero-order valence-corrected chi connectivity index (χ0v) is 2.94. The van der Waals surface area contributed by atoms with Gasteiger partial charge in [0.25, 0.3) is 0 Å². The fourth-order valence-electron chi connectivity index (χ4n) is 0.0622. The fraction of sp³-hybridized carbons (Fsp3) is 0.333. The highest BCUT2D eigenvalue weighted by Gasteiger charge is 1.89. The van der Waals surface area contributed by atoms with E-state index in [4.69, 9.17) is 10.1 Å². The molecule has 2 nitrogen and oxygen atoms in total. The highest BCUT2D eigenvalue weighted by atomic mass is 19.1. The van der Waals surface area contributed by atoms with Crippen molar-refractivity contribution in [3.8, 4) is 6.07 Å². The number of rotatable bonds is 1. The molecule has 0 rings (SSSR count). The summed E-state index contributed by atoms with van der Waals surface area (Å²) in [4.78, 5) is 9.15. The van der Waals surface area contributed by atoms with E-state index in [2.05, 4.69) is 0 Å². The zero-order valence-electron chi connectivity index (χ0n) is 2.94. The number of carbonyl (C=O) groups excluding carboxylic acids is 1. The first kappa shape index (κ1) is 5.09. The van der Waals surface area contributed by atoms with Crippen molar-refractivity contribution >= 4 is 6.04 Å². The van der Waals surface area contributed by atoms with E-state index in [1.165, 1.54) is 6.07 Å². The largest absolute Gasteiger partial charge is 0.315 e. The molecule has 0 fully saturated rings. The maximum Gasteiger partial charge on any atom is 0.315 e. The second-order valence-corrected chi connectivity index (χ2v) is 0.690. The van der Waals surface area contributed by atoms with E-state index in [1.54, 1.807) is 0 Å². The van der Waals surface area contributed by atoms with E-state index in [-0.39, 0.29) is 0 Å². The Hall–Kier alpha value is -0.910. The Balaban J connectivity index is 3.13. The molecular weight excluding hydrogens is 85.0 g/mol. The molecule has 0 aromatic heterocycles. The van der Waals surface area contributed by atoms with Crippen LogP contribution in [-0.4, -0.2) is 6.04 Å². The van der Waals surface area contributed by atoms with E-state index < -0.39 is 12.5 Å². The minimum absolute atomic E-state index is 0.625. The summed E-state index contributed by atoms with van der Waals surface area (Å²) >= 11 is 0. The minimum Gasteiger partial charge on any atom is -0.260 e. The van der Waals surface area contributed by atoms with Crippen molar-refractivity contribution in [1.82, 2.24) is 0 Å². The molecule has 0 amide bonds. The molecule has 0 aromatic rings. The summed E-state index contributed by atoms with van der Waals surface area (Å²) in [6, 6.07) is -0.229. The molecule has 0 N–H and O–H groups in total. The molecule has 0 saturated heterocycles. The molecule has 32 valence electrons. The van der Waals surface area contributed by atoms with Gasteiger partial charge in [-0.2, -0.15) is 9.65 Å². The van der Waals surface area contributed by atoms with Crippen LogP contribution < -0.4 is 0 Å². The van der Waals surface area contributed by atoms with Gasteiger partial charge in [-0.05, 0) is 0 Å². The third-order valence-electron chi connectivity index (χ3n) is 0.218. The van der Waals surface area contributed by atoms with Gasteiger partial charge in [0.1, 0.15) is 6.42 Å². The van der Waals surface area contributed by atoms with Crippen molar-refractivity contribution in [2.75, 3.05) is 0 Å². The Bertz CT molecular complexity index is 93.5. The van der Waals surface area contributed by atoms with Crippen LogP contribution in [0, 0.1) is 11.3 Å². The second kappa shape index (κ2) is 2.33. The first-order chi connectivity index (χ1) is 2.77. The van der Waals surface area contributed by atoms with Gasteiger partial charge in [-0.25, -0.2) is 0 Å². The van der Waals surface area contributed by atoms with Crippen molar-refractivity contribution in [2.24, 2.45) is 0 Å². The van der Waals surface area contributed by atoms with Crippen LogP contribution in [0.1, 0.15) is 6.42 Å². The number of hydrogen-bond donors (Lipinski definition) is 0. The van der Waals surface area contributed by atoms with Gasteiger partial charge in [0.15, 0.2) is 0 Å². The van der Waals surface area contributed by atoms with E-state index in [1.807, 2.05) is 0 Å². The minimum atomic E-state index is -1.57. The molecule has 0 saturated carbocycles. The van der Waals surface area contributed by atoms with Gasteiger partial charge in [0, 0.05) is 0 Å². The van der Waals surface area contributed by atoms with Gasteiger partial charge in [-0.1, -0.05) is 0 Å². The maximum atomic E-state index is 10.8. The Morgan fingerprint density at radius 2 is 2.50 bits per heavy atom. The predicted molar refractivity (Wildman–Crippen MR) is 16.3 cm³/mol. The van der Waals surface area contributed by atoms with Crippen LogP contribution in [0.2, 0.25) is 0 Å². The topological polar surface area (TPSA) is 40.9 Å². The summed E-state index contributed by atoms with van der Waals surface area (Å²) in [7, 11) is 0. The van der Waals surface area contributed by atoms with Crippen molar-refractivity contribution < 1.29 is 9.18 Å². The Morgan fingerprint density at radius 1 is 2.00 bits per heavy atom. The van der Waals surface area contributed by atoms with E-state index in [0.29, 0.717) is 0 Å². The SMILES string of the molecule is N#CCC(=O)F. The number of hydrogen-bond acceptors (Lipinski definition) is 2. The lowest BCUT2D eigenvalue weighted by atomic mass is 10.5. The lowest BCUT2D eigenvalue weighted by Crippen LogP contribution is -1.79. The quantitative estimate of drug-likeness (QED) is 0.434. The normalized spacial score (nSPS) is 6.67. The fourth-order valence-corrected chi connectivity index (χ4v) is 0.0622. The Morgan fingerprint density at radius 3 is 2.50 bits per heavy atom. The molecule has 0 aliphatic carbocycles. The summed E-state index contributed by atoms with van der Waals surface area (Å²) in [6.45, 7) is 0. The van der Waals surface area contributed by atoms with Gasteiger partial charge in [0.2, 0.25) is 0 Å².